The molecule has 0 bridgehead atoms. The highest BCUT2D eigenvalue weighted by Gasteiger charge is 2.31. The van der Waals surface area contributed by atoms with E-state index in [-0.39, 0.29) is 12.5 Å². The molecule has 0 aliphatic carbocycles. The number of rotatable bonds is 5. The second kappa shape index (κ2) is 7.58. The summed E-state index contributed by atoms with van der Waals surface area (Å²) in [5.74, 6) is -0.0284. The number of carbonyl (C=O) groups is 2. The van der Waals surface area contributed by atoms with E-state index in [1.807, 2.05) is 54.3 Å². The number of hydrogen-bond donors (Lipinski definition) is 2. The minimum Gasteiger partial charge on any atom is -0.495 e. The second-order valence-electron chi connectivity index (χ2n) is 6.55. The fraction of sp³-hybridized carbons (Fsp3) is 0.300. The summed E-state index contributed by atoms with van der Waals surface area (Å²) in [6.45, 7) is 2.54. The molecule has 1 aliphatic heterocycles. The summed E-state index contributed by atoms with van der Waals surface area (Å²) >= 11 is 0. The zero-order valence-corrected chi connectivity index (χ0v) is 15.0. The van der Waals surface area contributed by atoms with Crippen molar-refractivity contribution in [2.45, 2.75) is 25.9 Å². The summed E-state index contributed by atoms with van der Waals surface area (Å²) < 4.78 is 5.29. The molecule has 0 fully saturated rings. The summed E-state index contributed by atoms with van der Waals surface area (Å²) in [6.07, 6.45) is 0.520. The number of ether oxygens (including phenoxy) is 1. The van der Waals surface area contributed by atoms with Crippen LogP contribution >= 0.6 is 0 Å². The molecule has 3 N–H and O–H groups in total. The van der Waals surface area contributed by atoms with Crippen molar-refractivity contribution in [2.24, 2.45) is 5.73 Å². The van der Waals surface area contributed by atoms with Gasteiger partial charge in [-0.15, -0.1) is 0 Å². The van der Waals surface area contributed by atoms with E-state index in [1.54, 1.807) is 7.11 Å². The van der Waals surface area contributed by atoms with E-state index in [9.17, 15) is 9.59 Å². The van der Waals surface area contributed by atoms with Crippen LogP contribution in [0.5, 0.6) is 5.75 Å². The number of aryl methyl sites for hydroxylation is 1. The maximum absolute atomic E-state index is 12.6. The van der Waals surface area contributed by atoms with Gasteiger partial charge in [0.25, 0.3) is 0 Å². The Balaban J connectivity index is 1.75. The Morgan fingerprint density at radius 2 is 1.96 bits per heavy atom. The zero-order valence-electron chi connectivity index (χ0n) is 15.0. The molecule has 26 heavy (non-hydrogen) atoms. The van der Waals surface area contributed by atoms with E-state index in [0.717, 1.165) is 16.7 Å². The summed E-state index contributed by atoms with van der Waals surface area (Å²) in [5.41, 5.74) is 9.43. The van der Waals surface area contributed by atoms with Gasteiger partial charge in [0, 0.05) is 6.54 Å². The molecule has 0 unspecified atom stereocenters. The number of methoxy groups -OCH3 is 1. The minimum absolute atomic E-state index is 0.0824. The normalized spacial score (nSPS) is 16.6. The van der Waals surface area contributed by atoms with Crippen molar-refractivity contribution < 1.29 is 14.3 Å². The zero-order chi connectivity index (χ0) is 18.7. The Kier molecular flexibility index (Phi) is 5.23. The first-order valence-corrected chi connectivity index (χ1v) is 8.52. The topological polar surface area (TPSA) is 84.7 Å². The first kappa shape index (κ1) is 17.9. The molecular weight excluding hydrogens is 330 g/mol. The number of nitrogens with one attached hydrogen (secondary N) is 1. The predicted molar refractivity (Wildman–Crippen MR) is 99.9 cm³/mol. The Morgan fingerprint density at radius 1 is 1.23 bits per heavy atom. The molecule has 0 radical (unpaired) electrons. The third kappa shape index (κ3) is 3.86. The van der Waals surface area contributed by atoms with Crippen LogP contribution in [-0.4, -0.2) is 36.4 Å². The van der Waals surface area contributed by atoms with Gasteiger partial charge in [-0.3, -0.25) is 14.5 Å². The molecule has 6 heteroatoms. The highest BCUT2D eigenvalue weighted by atomic mass is 16.5. The molecule has 1 heterocycles. The van der Waals surface area contributed by atoms with Gasteiger partial charge in [0.15, 0.2) is 0 Å². The monoisotopic (exact) mass is 353 g/mol. The summed E-state index contributed by atoms with van der Waals surface area (Å²) in [6, 6.07) is 13.0. The van der Waals surface area contributed by atoms with E-state index < -0.39 is 11.9 Å². The van der Waals surface area contributed by atoms with Gasteiger partial charge in [0.05, 0.1) is 25.4 Å². The van der Waals surface area contributed by atoms with Gasteiger partial charge >= 0.3 is 0 Å². The number of nitrogens with zero attached hydrogens (tertiary/aromatic N) is 1. The molecule has 6 nitrogen and oxygen atoms in total. The molecule has 0 spiro atoms. The summed E-state index contributed by atoms with van der Waals surface area (Å²) in [4.78, 5) is 26.3. The van der Waals surface area contributed by atoms with Crippen LogP contribution in [0.25, 0.3) is 0 Å². The molecule has 1 aliphatic rings. The third-order valence-corrected chi connectivity index (χ3v) is 4.65. The van der Waals surface area contributed by atoms with Crippen LogP contribution in [0.15, 0.2) is 42.5 Å². The molecule has 1 atom stereocenters. The van der Waals surface area contributed by atoms with Gasteiger partial charge in [0.2, 0.25) is 11.8 Å². The van der Waals surface area contributed by atoms with E-state index in [0.29, 0.717) is 24.4 Å². The van der Waals surface area contributed by atoms with Crippen molar-refractivity contribution in [3.05, 3.63) is 59.2 Å². The number of anilines is 1. The second-order valence-corrected chi connectivity index (χ2v) is 6.55. The maximum atomic E-state index is 12.6. The number of amides is 2. The summed E-state index contributed by atoms with van der Waals surface area (Å²) in [7, 11) is 1.56. The predicted octanol–water partition coefficient (Wildman–Crippen LogP) is 1.85. The molecule has 2 amide bonds. The SMILES string of the molecule is COc1ccc(C)cc1NC(=O)CN1Cc2ccccc2C[C@H]1C(N)=O. The fourth-order valence-electron chi connectivity index (χ4n) is 3.32. The number of benzene rings is 2. The first-order valence-electron chi connectivity index (χ1n) is 8.52. The van der Waals surface area contributed by atoms with Crippen molar-refractivity contribution in [3.63, 3.8) is 0 Å². The smallest absolute Gasteiger partial charge is 0.238 e. The highest BCUT2D eigenvalue weighted by molar-refractivity contribution is 5.94. The van der Waals surface area contributed by atoms with E-state index >= 15 is 0 Å². The van der Waals surface area contributed by atoms with Crippen LogP contribution < -0.4 is 15.8 Å². The van der Waals surface area contributed by atoms with Crippen molar-refractivity contribution >= 4 is 17.5 Å². The lowest BCUT2D eigenvalue weighted by Gasteiger charge is -2.34. The number of hydrogen-bond acceptors (Lipinski definition) is 4. The van der Waals surface area contributed by atoms with Crippen LogP contribution in [0.3, 0.4) is 0 Å². The van der Waals surface area contributed by atoms with E-state index in [2.05, 4.69) is 5.32 Å². The Bertz CT molecular complexity index is 835. The Hall–Kier alpha value is -2.86. The number of carbonyl (C=O) groups excluding carboxylic acids is 2. The highest BCUT2D eigenvalue weighted by Crippen LogP contribution is 2.26. The van der Waals surface area contributed by atoms with E-state index in [4.69, 9.17) is 10.5 Å². The minimum atomic E-state index is -0.491. The quantitative estimate of drug-likeness (QED) is 0.859. The molecule has 0 aromatic heterocycles. The van der Waals surface area contributed by atoms with Gasteiger partial charge < -0.3 is 15.8 Å². The largest absolute Gasteiger partial charge is 0.495 e. The van der Waals surface area contributed by atoms with Crippen LogP contribution in [0.2, 0.25) is 0 Å². The fourth-order valence-corrected chi connectivity index (χ4v) is 3.32. The van der Waals surface area contributed by atoms with Gasteiger partial charge in [0.1, 0.15) is 5.75 Å². The van der Waals surface area contributed by atoms with Gasteiger partial charge in [-0.1, -0.05) is 30.3 Å². The Labute approximate surface area is 152 Å². The molecule has 136 valence electrons. The van der Waals surface area contributed by atoms with Crippen LogP contribution in [0, 0.1) is 6.92 Å². The third-order valence-electron chi connectivity index (χ3n) is 4.65. The van der Waals surface area contributed by atoms with Crippen LogP contribution in [0.4, 0.5) is 5.69 Å². The van der Waals surface area contributed by atoms with Gasteiger partial charge in [-0.2, -0.15) is 0 Å². The van der Waals surface area contributed by atoms with Crippen LogP contribution in [-0.2, 0) is 22.6 Å². The average molecular weight is 353 g/mol. The lowest BCUT2D eigenvalue weighted by molar-refractivity contribution is -0.125. The number of fused-ring (bicyclic) bond motifs is 1. The van der Waals surface area contributed by atoms with Crippen molar-refractivity contribution in [1.82, 2.24) is 4.90 Å². The van der Waals surface area contributed by atoms with Crippen molar-refractivity contribution in [1.29, 1.82) is 0 Å². The maximum Gasteiger partial charge on any atom is 0.238 e. The molecule has 3 rings (SSSR count). The Morgan fingerprint density at radius 3 is 2.65 bits per heavy atom. The molecule has 2 aromatic carbocycles. The van der Waals surface area contributed by atoms with Crippen molar-refractivity contribution in [2.75, 3.05) is 19.0 Å². The van der Waals surface area contributed by atoms with Gasteiger partial charge in [-0.25, -0.2) is 0 Å². The van der Waals surface area contributed by atoms with E-state index in [1.165, 1.54) is 0 Å². The number of primary amides is 1. The lowest BCUT2D eigenvalue weighted by atomic mass is 9.93. The molecule has 0 saturated carbocycles. The van der Waals surface area contributed by atoms with Crippen molar-refractivity contribution in [3.8, 4) is 5.75 Å². The average Bonchev–Trinajstić information content (AvgIpc) is 2.61. The molecular formula is C20H23N3O3. The molecule has 0 saturated heterocycles. The first-order chi connectivity index (χ1) is 12.5. The van der Waals surface area contributed by atoms with Crippen LogP contribution in [0.1, 0.15) is 16.7 Å². The summed E-state index contributed by atoms with van der Waals surface area (Å²) in [5, 5.41) is 2.88. The molecule has 2 aromatic rings. The number of nitrogens with two attached hydrogens (primary N) is 1. The van der Waals surface area contributed by atoms with Gasteiger partial charge in [-0.05, 0) is 42.2 Å². The lowest BCUT2D eigenvalue weighted by Crippen LogP contribution is -2.50. The standard InChI is InChI=1S/C20H23N3O3/c1-13-7-8-18(26-2)16(9-13)22-19(24)12-23-11-15-6-4-3-5-14(15)10-17(23)20(21)25/h3-9,17H,10-12H2,1-2H3,(H2,21,25)(H,22,24)/t17-/m0/s1.